The zero-order valence-corrected chi connectivity index (χ0v) is 21.8. The van der Waals surface area contributed by atoms with E-state index in [9.17, 15) is 19.4 Å². The summed E-state index contributed by atoms with van der Waals surface area (Å²) in [4.78, 5) is 11.7. The monoisotopic (exact) mass is 513 g/mol. The van der Waals surface area contributed by atoms with Crippen LogP contribution in [0.1, 0.15) is 53.9 Å². The molecule has 3 rings (SSSR count). The van der Waals surface area contributed by atoms with E-state index in [4.69, 9.17) is 16.3 Å². The lowest BCUT2D eigenvalue weighted by Gasteiger charge is -2.29. The van der Waals surface area contributed by atoms with Crippen molar-refractivity contribution < 1.29 is 24.1 Å². The predicted octanol–water partition coefficient (Wildman–Crippen LogP) is 6.20. The van der Waals surface area contributed by atoms with Crippen molar-refractivity contribution in [1.29, 1.82) is 0 Å². The van der Waals surface area contributed by atoms with Gasteiger partial charge in [0.1, 0.15) is 5.82 Å². The Hall–Kier alpha value is -2.77. The van der Waals surface area contributed by atoms with Gasteiger partial charge in [0.05, 0.1) is 24.4 Å². The molecule has 0 saturated carbocycles. The van der Waals surface area contributed by atoms with Crippen LogP contribution in [0.4, 0.5) is 4.39 Å². The van der Waals surface area contributed by atoms with Crippen molar-refractivity contribution in [1.82, 2.24) is 5.32 Å². The zero-order valence-electron chi connectivity index (χ0n) is 21.0. The molecule has 1 unspecified atom stereocenters. The van der Waals surface area contributed by atoms with Crippen molar-refractivity contribution >= 4 is 17.6 Å². The van der Waals surface area contributed by atoms with Crippen LogP contribution in [-0.4, -0.2) is 41.0 Å². The van der Waals surface area contributed by atoms with Crippen LogP contribution in [0, 0.1) is 12.7 Å². The molecule has 3 aromatic rings. The second-order valence-corrected chi connectivity index (χ2v) is 10.2. The first-order chi connectivity index (χ1) is 17.0. The molecule has 3 N–H and O–H groups in total. The standard InChI is InChI=1S/C29H33ClFNO4/c1-18-25(28(34)35)10-11-26(21-8-6-5-7-9-21)27(18)19(2)36-17-24(33)16-32-29(3,4)15-20-12-22(30)14-23(31)13-20/h5-14,19,24,32-33H,15-17H2,1-4H3,(H,34,35)/t19?,24-/m1/s1. The topological polar surface area (TPSA) is 78.8 Å². The Morgan fingerprint density at radius 3 is 2.47 bits per heavy atom. The summed E-state index contributed by atoms with van der Waals surface area (Å²) in [7, 11) is 0. The molecule has 0 saturated heterocycles. The number of aromatic carboxylic acids is 1. The third kappa shape index (κ3) is 7.37. The highest BCUT2D eigenvalue weighted by Crippen LogP contribution is 2.34. The summed E-state index contributed by atoms with van der Waals surface area (Å²) in [6.45, 7) is 7.90. The van der Waals surface area contributed by atoms with Crippen molar-refractivity contribution in [3.8, 4) is 11.1 Å². The number of aliphatic hydroxyl groups excluding tert-OH is 1. The van der Waals surface area contributed by atoms with Crippen LogP contribution >= 0.6 is 11.6 Å². The van der Waals surface area contributed by atoms with Crippen molar-refractivity contribution in [2.75, 3.05) is 13.2 Å². The number of benzene rings is 3. The molecule has 0 heterocycles. The lowest BCUT2D eigenvalue weighted by Crippen LogP contribution is -2.46. The van der Waals surface area contributed by atoms with E-state index in [0.717, 1.165) is 22.3 Å². The molecule has 0 spiro atoms. The minimum Gasteiger partial charge on any atom is -0.478 e. The van der Waals surface area contributed by atoms with Crippen LogP contribution < -0.4 is 5.32 Å². The highest BCUT2D eigenvalue weighted by atomic mass is 35.5. The number of carbonyl (C=O) groups is 1. The minimum absolute atomic E-state index is 0.0566. The summed E-state index contributed by atoms with van der Waals surface area (Å²) < 4.78 is 19.7. The van der Waals surface area contributed by atoms with Gasteiger partial charge in [-0.05, 0) is 86.2 Å². The van der Waals surface area contributed by atoms with Gasteiger partial charge in [0.25, 0.3) is 0 Å². The van der Waals surface area contributed by atoms with Crippen LogP contribution in [0.3, 0.4) is 0 Å². The third-order valence-corrected chi connectivity index (χ3v) is 6.38. The van der Waals surface area contributed by atoms with E-state index >= 15 is 0 Å². The van der Waals surface area contributed by atoms with Crippen molar-refractivity contribution in [2.24, 2.45) is 0 Å². The maximum absolute atomic E-state index is 13.7. The molecule has 3 aromatic carbocycles. The fourth-order valence-corrected chi connectivity index (χ4v) is 4.68. The Labute approximate surface area is 216 Å². The highest BCUT2D eigenvalue weighted by Gasteiger charge is 2.23. The van der Waals surface area contributed by atoms with E-state index in [0.29, 0.717) is 17.0 Å². The van der Waals surface area contributed by atoms with Crippen LogP contribution in [0.5, 0.6) is 0 Å². The number of carboxylic acids is 1. The summed E-state index contributed by atoms with van der Waals surface area (Å²) >= 11 is 5.97. The first-order valence-corrected chi connectivity index (χ1v) is 12.3. The number of rotatable bonds is 11. The molecule has 0 amide bonds. The Morgan fingerprint density at radius 2 is 1.83 bits per heavy atom. The molecule has 0 fully saturated rings. The van der Waals surface area contributed by atoms with Gasteiger partial charge in [0.15, 0.2) is 0 Å². The normalized spacial score (nSPS) is 13.4. The van der Waals surface area contributed by atoms with Gasteiger partial charge < -0.3 is 20.3 Å². The molecule has 0 bridgehead atoms. The third-order valence-electron chi connectivity index (χ3n) is 6.16. The highest BCUT2D eigenvalue weighted by molar-refractivity contribution is 6.30. The van der Waals surface area contributed by atoms with Gasteiger partial charge in [-0.2, -0.15) is 0 Å². The van der Waals surface area contributed by atoms with Gasteiger partial charge in [-0.15, -0.1) is 0 Å². The second-order valence-electron chi connectivity index (χ2n) is 9.72. The quantitative estimate of drug-likeness (QED) is 0.284. The lowest BCUT2D eigenvalue weighted by atomic mass is 9.90. The van der Waals surface area contributed by atoms with E-state index in [1.54, 1.807) is 25.1 Å². The lowest BCUT2D eigenvalue weighted by molar-refractivity contribution is -0.00423. The van der Waals surface area contributed by atoms with Crippen LogP contribution in [0.2, 0.25) is 5.02 Å². The molecule has 36 heavy (non-hydrogen) atoms. The van der Waals surface area contributed by atoms with E-state index < -0.39 is 23.7 Å². The molecule has 192 valence electrons. The summed E-state index contributed by atoms with van der Waals surface area (Å²) in [5.74, 6) is -1.38. The Bertz CT molecular complexity index is 1180. The molecule has 0 radical (unpaired) electrons. The summed E-state index contributed by atoms with van der Waals surface area (Å²) in [6.07, 6.45) is -0.724. The summed E-state index contributed by atoms with van der Waals surface area (Å²) in [6, 6.07) is 17.6. The summed E-state index contributed by atoms with van der Waals surface area (Å²) in [5.41, 5.74) is 3.85. The fourth-order valence-electron chi connectivity index (χ4n) is 4.43. The molecule has 0 aliphatic heterocycles. The number of aliphatic hydroxyl groups is 1. The second kappa shape index (κ2) is 12.0. The molecule has 7 heteroatoms. The predicted molar refractivity (Wildman–Crippen MR) is 141 cm³/mol. The van der Waals surface area contributed by atoms with E-state index in [1.807, 2.05) is 51.1 Å². The maximum atomic E-state index is 13.7. The molecule has 0 aliphatic carbocycles. The molecular formula is C29H33ClFNO4. The van der Waals surface area contributed by atoms with Gasteiger partial charge in [-0.1, -0.05) is 48.0 Å². The number of carboxylic acid groups (broad SMARTS) is 1. The first-order valence-electron chi connectivity index (χ1n) is 11.9. The number of hydrogen-bond donors (Lipinski definition) is 3. The van der Waals surface area contributed by atoms with Gasteiger partial charge in [-0.25, -0.2) is 9.18 Å². The molecule has 2 atom stereocenters. The number of ether oxygens (including phenoxy) is 1. The van der Waals surface area contributed by atoms with E-state index in [1.165, 1.54) is 12.1 Å². The minimum atomic E-state index is -0.994. The fraction of sp³-hybridized carbons (Fsp3) is 0.345. The van der Waals surface area contributed by atoms with Gasteiger partial charge in [0, 0.05) is 17.1 Å². The molecule has 0 aromatic heterocycles. The Balaban J connectivity index is 1.67. The van der Waals surface area contributed by atoms with Crippen molar-refractivity contribution in [3.05, 3.63) is 93.8 Å². The van der Waals surface area contributed by atoms with Crippen molar-refractivity contribution in [2.45, 2.75) is 51.9 Å². The average Bonchev–Trinajstić information content (AvgIpc) is 2.80. The zero-order chi connectivity index (χ0) is 26.5. The van der Waals surface area contributed by atoms with Gasteiger partial charge in [-0.3, -0.25) is 0 Å². The summed E-state index contributed by atoms with van der Waals surface area (Å²) in [5, 5.41) is 23.9. The van der Waals surface area contributed by atoms with Gasteiger partial charge in [0.2, 0.25) is 0 Å². The van der Waals surface area contributed by atoms with Crippen LogP contribution in [-0.2, 0) is 11.2 Å². The Kier molecular flexibility index (Phi) is 9.25. The van der Waals surface area contributed by atoms with Crippen molar-refractivity contribution in [3.63, 3.8) is 0 Å². The number of nitrogens with one attached hydrogen (secondary N) is 1. The van der Waals surface area contributed by atoms with Gasteiger partial charge >= 0.3 is 5.97 Å². The number of hydrogen-bond acceptors (Lipinski definition) is 4. The smallest absolute Gasteiger partial charge is 0.335 e. The van der Waals surface area contributed by atoms with Crippen LogP contribution in [0.15, 0.2) is 60.7 Å². The Morgan fingerprint density at radius 1 is 1.14 bits per heavy atom. The largest absolute Gasteiger partial charge is 0.478 e. The maximum Gasteiger partial charge on any atom is 0.335 e. The van der Waals surface area contributed by atoms with E-state index in [-0.39, 0.29) is 24.5 Å². The number of β-amino-alcohol motifs (C(OH)–C–C–N with tert-alkyl or cyclic N) is 1. The first kappa shape index (κ1) is 27.8. The molecule has 5 nitrogen and oxygen atoms in total. The molecule has 0 aliphatic rings. The van der Waals surface area contributed by atoms with Crippen LogP contribution in [0.25, 0.3) is 11.1 Å². The average molecular weight is 514 g/mol. The van der Waals surface area contributed by atoms with E-state index in [2.05, 4.69) is 5.32 Å². The molecular weight excluding hydrogens is 481 g/mol. The SMILES string of the molecule is Cc1c(C(=O)O)ccc(-c2ccccc2)c1C(C)OC[C@H](O)CNC(C)(C)Cc1cc(F)cc(Cl)c1. The number of halogens is 2.